The first kappa shape index (κ1) is 9.38. The molecule has 0 fully saturated rings. The SMILES string of the molecule is NC(=O)/C=C\c1cccc(F)c1F. The molecule has 0 aliphatic carbocycles. The van der Waals surface area contributed by atoms with Crippen LogP contribution in [0.25, 0.3) is 6.08 Å². The fraction of sp³-hybridized carbons (Fsp3) is 0. The molecular weight excluding hydrogens is 176 g/mol. The Balaban J connectivity index is 3.02. The lowest BCUT2D eigenvalue weighted by molar-refractivity contribution is -0.113. The summed E-state index contributed by atoms with van der Waals surface area (Å²) >= 11 is 0. The first-order chi connectivity index (χ1) is 6.11. The van der Waals surface area contributed by atoms with Gasteiger partial charge in [-0.25, -0.2) is 8.78 Å². The van der Waals surface area contributed by atoms with Crippen molar-refractivity contribution in [2.75, 3.05) is 0 Å². The van der Waals surface area contributed by atoms with Crippen LogP contribution in [0.5, 0.6) is 0 Å². The van der Waals surface area contributed by atoms with Crippen LogP contribution in [0.4, 0.5) is 8.78 Å². The van der Waals surface area contributed by atoms with Gasteiger partial charge in [-0.15, -0.1) is 0 Å². The standard InChI is InChI=1S/C9H7F2NO/c10-7-3-1-2-6(9(7)11)4-5-8(12)13/h1-5H,(H2,12,13)/b5-4-. The van der Waals surface area contributed by atoms with E-state index in [1.807, 2.05) is 0 Å². The van der Waals surface area contributed by atoms with E-state index in [-0.39, 0.29) is 5.56 Å². The molecule has 0 aliphatic rings. The third-order valence-electron chi connectivity index (χ3n) is 1.41. The van der Waals surface area contributed by atoms with E-state index < -0.39 is 17.5 Å². The highest BCUT2D eigenvalue weighted by molar-refractivity contribution is 5.90. The van der Waals surface area contributed by atoms with Crippen molar-refractivity contribution >= 4 is 12.0 Å². The van der Waals surface area contributed by atoms with Crippen molar-refractivity contribution in [1.82, 2.24) is 0 Å². The Bertz CT molecular complexity index is 361. The molecule has 1 aromatic carbocycles. The maximum absolute atomic E-state index is 12.9. The fourth-order valence-corrected chi connectivity index (χ4v) is 0.821. The van der Waals surface area contributed by atoms with Gasteiger partial charge in [-0.2, -0.15) is 0 Å². The minimum atomic E-state index is -0.986. The zero-order chi connectivity index (χ0) is 9.84. The molecule has 0 spiro atoms. The number of benzene rings is 1. The Labute approximate surface area is 73.7 Å². The highest BCUT2D eigenvalue weighted by Gasteiger charge is 2.03. The Morgan fingerprint density at radius 3 is 2.69 bits per heavy atom. The molecule has 0 heterocycles. The number of carbonyl (C=O) groups is 1. The summed E-state index contributed by atoms with van der Waals surface area (Å²) in [4.78, 5) is 10.3. The van der Waals surface area contributed by atoms with Crippen LogP contribution in [-0.2, 0) is 4.79 Å². The largest absolute Gasteiger partial charge is 0.366 e. The van der Waals surface area contributed by atoms with Crippen LogP contribution in [0.3, 0.4) is 0 Å². The van der Waals surface area contributed by atoms with Gasteiger partial charge < -0.3 is 5.73 Å². The number of hydrogen-bond acceptors (Lipinski definition) is 1. The van der Waals surface area contributed by atoms with E-state index in [2.05, 4.69) is 0 Å². The smallest absolute Gasteiger partial charge is 0.241 e. The van der Waals surface area contributed by atoms with Gasteiger partial charge in [0.2, 0.25) is 5.91 Å². The van der Waals surface area contributed by atoms with Gasteiger partial charge in [0, 0.05) is 11.6 Å². The Morgan fingerprint density at radius 2 is 2.08 bits per heavy atom. The topological polar surface area (TPSA) is 43.1 Å². The molecule has 0 saturated carbocycles. The molecule has 1 amide bonds. The van der Waals surface area contributed by atoms with Gasteiger partial charge in [0.25, 0.3) is 0 Å². The van der Waals surface area contributed by atoms with E-state index in [0.29, 0.717) is 0 Å². The van der Waals surface area contributed by atoms with Crippen molar-refractivity contribution in [1.29, 1.82) is 0 Å². The maximum Gasteiger partial charge on any atom is 0.241 e. The van der Waals surface area contributed by atoms with Crippen molar-refractivity contribution < 1.29 is 13.6 Å². The molecule has 2 N–H and O–H groups in total. The van der Waals surface area contributed by atoms with Gasteiger partial charge in [0.1, 0.15) is 0 Å². The van der Waals surface area contributed by atoms with Gasteiger partial charge in [-0.05, 0) is 12.1 Å². The summed E-state index contributed by atoms with van der Waals surface area (Å²) in [5.74, 6) is -2.64. The van der Waals surface area contributed by atoms with Crippen molar-refractivity contribution in [3.63, 3.8) is 0 Å². The van der Waals surface area contributed by atoms with Gasteiger partial charge >= 0.3 is 0 Å². The van der Waals surface area contributed by atoms with Gasteiger partial charge in [-0.1, -0.05) is 12.1 Å². The van der Waals surface area contributed by atoms with Crippen molar-refractivity contribution in [3.8, 4) is 0 Å². The second-order valence-corrected chi connectivity index (χ2v) is 2.38. The predicted molar refractivity (Wildman–Crippen MR) is 44.6 cm³/mol. The van der Waals surface area contributed by atoms with Gasteiger partial charge in [-0.3, -0.25) is 4.79 Å². The van der Waals surface area contributed by atoms with Crippen LogP contribution < -0.4 is 5.73 Å². The van der Waals surface area contributed by atoms with Crippen LogP contribution in [0.15, 0.2) is 24.3 Å². The molecule has 2 nitrogen and oxygen atoms in total. The lowest BCUT2D eigenvalue weighted by Crippen LogP contribution is -2.05. The summed E-state index contributed by atoms with van der Waals surface area (Å²) in [6, 6.07) is 3.69. The monoisotopic (exact) mass is 183 g/mol. The number of hydrogen-bond donors (Lipinski definition) is 1. The number of halogens is 2. The molecule has 1 aromatic rings. The molecule has 1 rings (SSSR count). The third-order valence-corrected chi connectivity index (χ3v) is 1.41. The van der Waals surface area contributed by atoms with Crippen LogP contribution >= 0.6 is 0 Å². The van der Waals surface area contributed by atoms with Gasteiger partial charge in [0.05, 0.1) is 0 Å². The average molecular weight is 183 g/mol. The molecule has 4 heteroatoms. The molecule has 0 aromatic heterocycles. The molecule has 0 unspecified atom stereocenters. The van der Waals surface area contributed by atoms with Crippen molar-refractivity contribution in [2.45, 2.75) is 0 Å². The number of nitrogens with two attached hydrogens (primary N) is 1. The summed E-state index contributed by atoms with van der Waals surface area (Å²) < 4.78 is 25.5. The quantitative estimate of drug-likeness (QED) is 0.693. The molecular formula is C9H7F2NO. The van der Waals surface area contributed by atoms with E-state index in [4.69, 9.17) is 5.73 Å². The lowest BCUT2D eigenvalue weighted by atomic mass is 10.2. The Morgan fingerprint density at radius 1 is 1.38 bits per heavy atom. The summed E-state index contributed by atoms with van der Waals surface area (Å²) in [6.07, 6.45) is 2.10. The molecule has 0 atom stereocenters. The summed E-state index contributed by atoms with van der Waals surface area (Å²) in [6.45, 7) is 0. The number of amides is 1. The zero-order valence-corrected chi connectivity index (χ0v) is 6.63. The normalized spacial score (nSPS) is 10.6. The van der Waals surface area contributed by atoms with E-state index in [9.17, 15) is 13.6 Å². The summed E-state index contributed by atoms with van der Waals surface area (Å²) in [5, 5.41) is 0. The summed E-state index contributed by atoms with van der Waals surface area (Å²) in [7, 11) is 0. The number of rotatable bonds is 2. The summed E-state index contributed by atoms with van der Waals surface area (Å²) in [5.41, 5.74) is 4.79. The highest BCUT2D eigenvalue weighted by atomic mass is 19.2. The van der Waals surface area contributed by atoms with E-state index >= 15 is 0 Å². The first-order valence-corrected chi connectivity index (χ1v) is 3.53. The van der Waals surface area contributed by atoms with Crippen LogP contribution in [0.2, 0.25) is 0 Å². The van der Waals surface area contributed by atoms with Crippen molar-refractivity contribution in [2.24, 2.45) is 5.73 Å². The highest BCUT2D eigenvalue weighted by Crippen LogP contribution is 2.12. The minimum absolute atomic E-state index is 0.00111. The minimum Gasteiger partial charge on any atom is -0.366 e. The average Bonchev–Trinajstić information content (AvgIpc) is 2.07. The van der Waals surface area contributed by atoms with Crippen LogP contribution in [0, 0.1) is 11.6 Å². The molecule has 0 bridgehead atoms. The van der Waals surface area contributed by atoms with Crippen molar-refractivity contribution in [3.05, 3.63) is 41.5 Å². The number of primary amides is 1. The molecule has 0 saturated heterocycles. The second kappa shape index (κ2) is 3.80. The maximum atomic E-state index is 12.9. The zero-order valence-electron chi connectivity index (χ0n) is 6.63. The molecule has 0 radical (unpaired) electrons. The molecule has 0 aliphatic heterocycles. The number of carbonyl (C=O) groups excluding carboxylic acids is 1. The molecule has 68 valence electrons. The molecule has 13 heavy (non-hydrogen) atoms. The van der Waals surface area contributed by atoms with E-state index in [1.165, 1.54) is 12.1 Å². The van der Waals surface area contributed by atoms with Crippen LogP contribution in [-0.4, -0.2) is 5.91 Å². The Kier molecular flexibility index (Phi) is 2.74. The van der Waals surface area contributed by atoms with E-state index in [1.54, 1.807) is 0 Å². The lowest BCUT2D eigenvalue weighted by Gasteiger charge is -1.96. The van der Waals surface area contributed by atoms with Gasteiger partial charge in [0.15, 0.2) is 11.6 Å². The predicted octanol–water partition coefficient (Wildman–Crippen LogP) is 1.46. The fourth-order valence-electron chi connectivity index (χ4n) is 0.821. The van der Waals surface area contributed by atoms with Crippen LogP contribution in [0.1, 0.15) is 5.56 Å². The Hall–Kier alpha value is -1.71. The van der Waals surface area contributed by atoms with E-state index in [0.717, 1.165) is 18.2 Å². The second-order valence-electron chi connectivity index (χ2n) is 2.38. The third kappa shape index (κ3) is 2.37. The first-order valence-electron chi connectivity index (χ1n) is 3.53.